The highest BCUT2D eigenvalue weighted by Crippen LogP contribution is 2.55. The van der Waals surface area contributed by atoms with Crippen LogP contribution in [-0.4, -0.2) is 6.21 Å². The third-order valence-electron chi connectivity index (χ3n) is 6.35. The number of hydrogen-bond acceptors (Lipinski definition) is 8. The van der Waals surface area contributed by atoms with Crippen LogP contribution in [0.2, 0.25) is 0 Å². The van der Waals surface area contributed by atoms with Crippen molar-refractivity contribution in [3.05, 3.63) is 64.6 Å². The molecule has 0 amide bonds. The number of rotatable bonds is 1. The SMILES string of the molecule is Cc1c(C)c(C)c2c(c1C)SC(=c1cc3s/c(=c4\cc5s/c(=C(/C#N)C=N)cc5s4)cc3s1)S2. The van der Waals surface area contributed by atoms with Gasteiger partial charge in [0.25, 0.3) is 0 Å². The zero-order valence-electron chi connectivity index (χ0n) is 18.8. The molecular formula is C26H18N2S6. The highest BCUT2D eigenvalue weighted by Gasteiger charge is 2.25. The number of fused-ring (bicyclic) bond motifs is 3. The molecule has 1 aliphatic heterocycles. The quantitative estimate of drug-likeness (QED) is 0.215. The van der Waals surface area contributed by atoms with Crippen molar-refractivity contribution in [1.82, 2.24) is 0 Å². The van der Waals surface area contributed by atoms with Gasteiger partial charge < -0.3 is 5.41 Å². The summed E-state index contributed by atoms with van der Waals surface area (Å²) in [5, 5.41) is 16.6. The van der Waals surface area contributed by atoms with Crippen molar-refractivity contribution in [2.75, 3.05) is 0 Å². The van der Waals surface area contributed by atoms with E-state index in [2.05, 4.69) is 52.0 Å². The number of nitriles is 1. The molecule has 1 aromatic carbocycles. The van der Waals surface area contributed by atoms with Gasteiger partial charge >= 0.3 is 0 Å². The molecule has 8 heteroatoms. The van der Waals surface area contributed by atoms with Crippen LogP contribution in [0.3, 0.4) is 0 Å². The number of nitrogens with one attached hydrogen (secondary N) is 1. The van der Waals surface area contributed by atoms with Crippen LogP contribution in [0.5, 0.6) is 0 Å². The third-order valence-corrected chi connectivity index (χ3v) is 14.3. The first kappa shape index (κ1) is 22.6. The summed E-state index contributed by atoms with van der Waals surface area (Å²) in [7, 11) is 0. The van der Waals surface area contributed by atoms with Gasteiger partial charge in [0.2, 0.25) is 0 Å². The van der Waals surface area contributed by atoms with Crippen LogP contribution in [0.15, 0.2) is 34.1 Å². The van der Waals surface area contributed by atoms with Gasteiger partial charge in [-0.1, -0.05) is 23.5 Å². The Labute approximate surface area is 221 Å². The molecule has 2 nitrogen and oxygen atoms in total. The first-order chi connectivity index (χ1) is 16.4. The Hall–Kier alpha value is -1.86. The van der Waals surface area contributed by atoms with Gasteiger partial charge in [0.1, 0.15) is 6.07 Å². The summed E-state index contributed by atoms with van der Waals surface area (Å²) < 4.78 is 11.3. The molecule has 0 fully saturated rings. The molecule has 1 N–H and O–H groups in total. The maximum atomic E-state index is 9.20. The van der Waals surface area contributed by atoms with Crippen molar-refractivity contribution >= 4 is 104 Å². The number of nitrogens with zero attached hydrogens (tertiary/aromatic N) is 1. The smallest absolute Gasteiger partial charge is 0.102 e. The summed E-state index contributed by atoms with van der Waals surface area (Å²) in [4.78, 5) is 2.88. The lowest BCUT2D eigenvalue weighted by Gasteiger charge is -2.13. The summed E-state index contributed by atoms with van der Waals surface area (Å²) >= 11 is 11.0. The number of thioether (sulfide) groups is 2. The van der Waals surface area contributed by atoms with Crippen molar-refractivity contribution in [2.45, 2.75) is 37.5 Å². The zero-order valence-corrected chi connectivity index (χ0v) is 23.7. The number of hydrogen-bond donors (Lipinski definition) is 1. The van der Waals surface area contributed by atoms with Gasteiger partial charge in [-0.2, -0.15) is 5.26 Å². The van der Waals surface area contributed by atoms with E-state index in [-0.39, 0.29) is 0 Å². The first-order valence-electron chi connectivity index (χ1n) is 10.6. The van der Waals surface area contributed by atoms with E-state index < -0.39 is 0 Å². The lowest BCUT2D eigenvalue weighted by molar-refractivity contribution is 1.06. The largest absolute Gasteiger partial charge is 0.307 e. The molecular weight excluding hydrogens is 533 g/mol. The molecule has 34 heavy (non-hydrogen) atoms. The third kappa shape index (κ3) is 3.45. The van der Waals surface area contributed by atoms with Crippen LogP contribution in [0.1, 0.15) is 22.3 Å². The highest BCUT2D eigenvalue weighted by molar-refractivity contribution is 8.32. The maximum Gasteiger partial charge on any atom is 0.102 e. The average Bonchev–Trinajstić information content (AvgIpc) is 3.60. The number of thiophene rings is 4. The van der Waals surface area contributed by atoms with E-state index in [4.69, 9.17) is 5.41 Å². The van der Waals surface area contributed by atoms with Gasteiger partial charge in [0, 0.05) is 52.9 Å². The molecule has 0 radical (unpaired) electrons. The van der Waals surface area contributed by atoms with Crippen molar-refractivity contribution in [1.29, 1.82) is 10.7 Å². The minimum Gasteiger partial charge on any atom is -0.307 e. The van der Waals surface area contributed by atoms with Crippen molar-refractivity contribution < 1.29 is 0 Å². The molecule has 0 saturated carbocycles. The summed E-state index contributed by atoms with van der Waals surface area (Å²) in [6.45, 7) is 9.01. The Morgan fingerprint density at radius 1 is 0.706 bits per heavy atom. The lowest BCUT2D eigenvalue weighted by atomic mass is 9.99. The normalized spacial score (nSPS) is 15.2. The molecule has 5 aromatic rings. The zero-order chi connectivity index (χ0) is 23.7. The standard InChI is InChI=1S/C26H18N2S6/c1-11-12(2)14(4)25-24(13(11)3)33-26(34-25)23-8-22-21(32-23)7-20(31-22)19-6-18-17(30-19)5-16(29-18)15(9-27)10-28/h5-9,27H,1-4H3/b16-15+,20-19+,27-9?. The molecule has 0 saturated heterocycles. The highest BCUT2D eigenvalue weighted by atomic mass is 32.2. The summed E-state index contributed by atoms with van der Waals surface area (Å²) in [5.74, 6) is 0. The van der Waals surface area contributed by atoms with Crippen LogP contribution >= 0.6 is 68.9 Å². The lowest BCUT2D eigenvalue weighted by Crippen LogP contribution is -1.97. The number of benzene rings is 1. The second kappa shape index (κ2) is 8.37. The molecule has 5 heterocycles. The van der Waals surface area contributed by atoms with E-state index in [0.29, 0.717) is 5.57 Å². The fraction of sp³-hybridized carbons (Fsp3) is 0.154. The molecule has 0 aliphatic carbocycles. The molecule has 0 atom stereocenters. The minimum absolute atomic E-state index is 0.428. The molecule has 4 aromatic heterocycles. The molecule has 1 aliphatic rings. The topological polar surface area (TPSA) is 47.6 Å². The van der Waals surface area contributed by atoms with Crippen LogP contribution in [0.25, 0.3) is 28.6 Å². The van der Waals surface area contributed by atoms with E-state index in [1.54, 1.807) is 22.7 Å². The summed E-state index contributed by atoms with van der Waals surface area (Å²) in [5.41, 5.74) is 6.12. The Kier molecular flexibility index (Phi) is 5.56. The molecule has 0 spiro atoms. The van der Waals surface area contributed by atoms with E-state index in [9.17, 15) is 5.26 Å². The molecule has 0 unspecified atom stereocenters. The van der Waals surface area contributed by atoms with E-state index in [0.717, 1.165) is 10.7 Å². The Bertz CT molecular complexity index is 1820. The van der Waals surface area contributed by atoms with Crippen molar-refractivity contribution in [3.63, 3.8) is 0 Å². The van der Waals surface area contributed by atoms with Crippen LogP contribution in [-0.2, 0) is 0 Å². The van der Waals surface area contributed by atoms with Gasteiger partial charge in [-0.05, 0) is 74.2 Å². The monoisotopic (exact) mass is 550 g/mol. The summed E-state index contributed by atoms with van der Waals surface area (Å²) in [6.07, 6.45) is 1.14. The van der Waals surface area contributed by atoms with Crippen LogP contribution in [0, 0.1) is 53.5 Å². The van der Waals surface area contributed by atoms with E-state index in [1.165, 1.54) is 68.7 Å². The second-order valence-corrected chi connectivity index (χ2v) is 14.9. The molecule has 0 bridgehead atoms. The van der Waals surface area contributed by atoms with E-state index >= 15 is 0 Å². The predicted molar refractivity (Wildman–Crippen MR) is 155 cm³/mol. The fourth-order valence-electron chi connectivity index (χ4n) is 4.10. The van der Waals surface area contributed by atoms with Gasteiger partial charge in [-0.15, -0.1) is 45.3 Å². The van der Waals surface area contributed by atoms with E-state index in [1.807, 2.05) is 52.3 Å². The maximum absolute atomic E-state index is 9.20. The van der Waals surface area contributed by atoms with Crippen molar-refractivity contribution in [2.24, 2.45) is 0 Å². The second-order valence-electron chi connectivity index (χ2n) is 8.22. The fourth-order valence-corrected chi connectivity index (χ4v) is 12.0. The Morgan fingerprint density at radius 3 is 1.68 bits per heavy atom. The van der Waals surface area contributed by atoms with Gasteiger partial charge in [-0.25, -0.2) is 0 Å². The summed E-state index contributed by atoms with van der Waals surface area (Å²) in [6, 6.07) is 11.1. The first-order valence-corrected chi connectivity index (χ1v) is 15.5. The van der Waals surface area contributed by atoms with Gasteiger partial charge in [0.05, 0.1) is 9.81 Å². The average molecular weight is 551 g/mol. The molecule has 168 valence electrons. The Balaban J connectivity index is 1.45. The van der Waals surface area contributed by atoms with Gasteiger partial charge in [-0.3, -0.25) is 0 Å². The minimum atomic E-state index is 0.428. The van der Waals surface area contributed by atoms with Gasteiger partial charge in [0.15, 0.2) is 0 Å². The molecule has 6 rings (SSSR count). The predicted octanol–water partition coefficient (Wildman–Crippen LogP) is 8.05. The Morgan fingerprint density at radius 2 is 1.18 bits per heavy atom. The van der Waals surface area contributed by atoms with Crippen LogP contribution < -0.4 is 9.06 Å². The van der Waals surface area contributed by atoms with Crippen LogP contribution in [0.4, 0.5) is 0 Å². The van der Waals surface area contributed by atoms with Crippen molar-refractivity contribution in [3.8, 4) is 6.07 Å².